The van der Waals surface area contributed by atoms with Crippen molar-refractivity contribution in [2.45, 2.75) is 6.42 Å². The normalized spacial score (nSPS) is 13.6. The molecule has 1 fully saturated rings. The van der Waals surface area contributed by atoms with Gasteiger partial charge in [-0.15, -0.1) is 0 Å². The van der Waals surface area contributed by atoms with Crippen molar-refractivity contribution < 1.29 is 9.59 Å². The molecule has 0 bridgehead atoms. The second-order valence-electron chi connectivity index (χ2n) is 8.45. The lowest BCUT2D eigenvalue weighted by molar-refractivity contribution is -0.130. The number of carbonyl (C=O) groups excluding carboxylic acids is 2. The van der Waals surface area contributed by atoms with Crippen molar-refractivity contribution in [2.24, 2.45) is 0 Å². The van der Waals surface area contributed by atoms with Crippen LogP contribution in [0, 0.1) is 0 Å². The first-order chi connectivity index (χ1) is 16.7. The topological polar surface area (TPSA) is 65.5 Å². The number of carbonyl (C=O) groups is 2. The Morgan fingerprint density at radius 1 is 0.824 bits per heavy atom. The molecular weight excluding hydrogens is 424 g/mol. The van der Waals surface area contributed by atoms with E-state index in [0.717, 1.165) is 35.2 Å². The van der Waals surface area contributed by atoms with Gasteiger partial charge in [-0.25, -0.2) is 0 Å². The molecule has 3 aromatic carbocycles. The van der Waals surface area contributed by atoms with Crippen molar-refractivity contribution in [3.63, 3.8) is 0 Å². The monoisotopic (exact) mass is 450 g/mol. The van der Waals surface area contributed by atoms with E-state index in [2.05, 4.69) is 15.2 Å². The Kier molecular flexibility index (Phi) is 6.21. The Morgan fingerprint density at radius 3 is 2.29 bits per heavy atom. The average molecular weight is 451 g/mol. The van der Waals surface area contributed by atoms with Crippen LogP contribution >= 0.6 is 0 Å². The standard InChI is InChI=1S/C28H26N4O2/c33-27(18-21-6-2-1-3-7-21)32-16-14-31(15-17-32)25-12-10-22(11-13-25)28(34)30-24-19-23-8-4-5-9-26(23)29-20-24/h1-13,19-20H,14-18H2,(H,30,34). The number of fused-ring (bicyclic) bond motifs is 1. The van der Waals surface area contributed by atoms with E-state index in [1.807, 2.05) is 89.8 Å². The fraction of sp³-hybridized carbons (Fsp3) is 0.179. The maximum absolute atomic E-state index is 12.7. The van der Waals surface area contributed by atoms with E-state index in [1.54, 1.807) is 6.20 Å². The van der Waals surface area contributed by atoms with E-state index >= 15 is 0 Å². The van der Waals surface area contributed by atoms with Crippen molar-refractivity contribution in [1.29, 1.82) is 0 Å². The fourth-order valence-electron chi connectivity index (χ4n) is 4.26. The number of pyridine rings is 1. The van der Waals surface area contributed by atoms with Crippen molar-refractivity contribution in [3.05, 3.63) is 102 Å². The highest BCUT2D eigenvalue weighted by Crippen LogP contribution is 2.20. The van der Waals surface area contributed by atoms with Gasteiger partial charge in [-0.05, 0) is 42.0 Å². The number of nitrogens with one attached hydrogen (secondary N) is 1. The Morgan fingerprint density at radius 2 is 1.53 bits per heavy atom. The third-order valence-corrected chi connectivity index (χ3v) is 6.17. The molecule has 0 radical (unpaired) electrons. The first-order valence-corrected chi connectivity index (χ1v) is 11.5. The summed E-state index contributed by atoms with van der Waals surface area (Å²) in [5.74, 6) is 0.000934. The van der Waals surface area contributed by atoms with Crippen LogP contribution in [0.15, 0.2) is 91.1 Å². The smallest absolute Gasteiger partial charge is 0.255 e. The van der Waals surface area contributed by atoms with Crippen molar-refractivity contribution in [3.8, 4) is 0 Å². The molecule has 6 nitrogen and oxygen atoms in total. The van der Waals surface area contributed by atoms with Crippen molar-refractivity contribution in [2.75, 3.05) is 36.4 Å². The summed E-state index contributed by atoms with van der Waals surface area (Å²) in [6.07, 6.45) is 2.12. The number of para-hydroxylation sites is 1. The van der Waals surface area contributed by atoms with Crippen LogP contribution in [-0.2, 0) is 11.2 Å². The molecule has 34 heavy (non-hydrogen) atoms. The lowest BCUT2D eigenvalue weighted by atomic mass is 10.1. The molecule has 1 N–H and O–H groups in total. The quantitative estimate of drug-likeness (QED) is 0.490. The molecule has 0 spiro atoms. The Labute approximate surface area is 198 Å². The maximum Gasteiger partial charge on any atom is 0.255 e. The first-order valence-electron chi connectivity index (χ1n) is 11.5. The molecule has 1 aliphatic heterocycles. The van der Waals surface area contributed by atoms with E-state index in [4.69, 9.17) is 0 Å². The van der Waals surface area contributed by atoms with Crippen LogP contribution in [0.4, 0.5) is 11.4 Å². The van der Waals surface area contributed by atoms with Gasteiger partial charge in [-0.1, -0.05) is 48.5 Å². The molecule has 1 saturated heterocycles. The molecule has 170 valence electrons. The second-order valence-corrected chi connectivity index (χ2v) is 8.45. The van der Waals surface area contributed by atoms with Gasteiger partial charge in [0.1, 0.15) is 0 Å². The SMILES string of the molecule is O=C(Nc1cnc2ccccc2c1)c1ccc(N2CCN(C(=O)Cc3ccccc3)CC2)cc1. The number of hydrogen-bond donors (Lipinski definition) is 1. The largest absolute Gasteiger partial charge is 0.368 e. The van der Waals surface area contributed by atoms with Crippen LogP contribution in [-0.4, -0.2) is 47.9 Å². The summed E-state index contributed by atoms with van der Waals surface area (Å²) >= 11 is 0. The number of hydrogen-bond acceptors (Lipinski definition) is 4. The number of aromatic nitrogens is 1. The third-order valence-electron chi connectivity index (χ3n) is 6.17. The van der Waals surface area contributed by atoms with Crippen molar-refractivity contribution in [1.82, 2.24) is 9.88 Å². The molecule has 0 atom stereocenters. The number of amides is 2. The maximum atomic E-state index is 12.7. The number of rotatable bonds is 5. The summed E-state index contributed by atoms with van der Waals surface area (Å²) < 4.78 is 0. The molecule has 6 heteroatoms. The minimum Gasteiger partial charge on any atom is -0.368 e. The summed E-state index contributed by atoms with van der Waals surface area (Å²) in [7, 11) is 0. The summed E-state index contributed by atoms with van der Waals surface area (Å²) in [6, 6.07) is 27.2. The molecule has 1 aromatic heterocycles. The zero-order valence-electron chi connectivity index (χ0n) is 18.9. The van der Waals surface area contributed by atoms with Gasteiger partial charge in [-0.2, -0.15) is 0 Å². The van der Waals surface area contributed by atoms with Gasteiger partial charge in [0, 0.05) is 42.8 Å². The molecular formula is C28H26N4O2. The fourth-order valence-corrected chi connectivity index (χ4v) is 4.26. The number of benzene rings is 3. The molecule has 1 aliphatic rings. The minimum atomic E-state index is -0.167. The number of nitrogens with zero attached hydrogens (tertiary/aromatic N) is 3. The van der Waals surface area contributed by atoms with E-state index in [1.165, 1.54) is 0 Å². The predicted octanol–water partition coefficient (Wildman–Crippen LogP) is 4.38. The van der Waals surface area contributed by atoms with E-state index in [9.17, 15) is 9.59 Å². The highest BCUT2D eigenvalue weighted by atomic mass is 16.2. The minimum absolute atomic E-state index is 0.167. The van der Waals surface area contributed by atoms with E-state index in [0.29, 0.717) is 30.8 Å². The van der Waals surface area contributed by atoms with Gasteiger partial charge in [0.2, 0.25) is 5.91 Å². The Bertz CT molecular complexity index is 1300. The zero-order chi connectivity index (χ0) is 23.3. The zero-order valence-corrected chi connectivity index (χ0v) is 18.9. The summed E-state index contributed by atoms with van der Waals surface area (Å²) in [6.45, 7) is 2.94. The van der Waals surface area contributed by atoms with E-state index in [-0.39, 0.29) is 11.8 Å². The summed E-state index contributed by atoms with van der Waals surface area (Å²) in [5, 5.41) is 3.91. The van der Waals surface area contributed by atoms with Gasteiger partial charge < -0.3 is 15.1 Å². The van der Waals surface area contributed by atoms with Crippen LogP contribution in [0.2, 0.25) is 0 Å². The van der Waals surface area contributed by atoms with Gasteiger partial charge in [-0.3, -0.25) is 14.6 Å². The molecule has 0 saturated carbocycles. The first kappa shape index (κ1) is 21.6. The summed E-state index contributed by atoms with van der Waals surface area (Å²) in [5.41, 5.74) is 4.26. The van der Waals surface area contributed by atoms with Crippen LogP contribution in [0.5, 0.6) is 0 Å². The highest BCUT2D eigenvalue weighted by molar-refractivity contribution is 6.05. The number of piperazine rings is 1. The molecule has 4 aromatic rings. The molecule has 0 unspecified atom stereocenters. The van der Waals surface area contributed by atoms with Crippen LogP contribution in [0.3, 0.4) is 0 Å². The highest BCUT2D eigenvalue weighted by Gasteiger charge is 2.21. The van der Waals surface area contributed by atoms with Gasteiger partial charge >= 0.3 is 0 Å². The second kappa shape index (κ2) is 9.75. The lowest BCUT2D eigenvalue weighted by Gasteiger charge is -2.36. The number of anilines is 2. The summed E-state index contributed by atoms with van der Waals surface area (Å²) in [4.78, 5) is 33.9. The van der Waals surface area contributed by atoms with E-state index < -0.39 is 0 Å². The molecule has 0 aliphatic carbocycles. The Balaban J connectivity index is 1.16. The van der Waals surface area contributed by atoms with Crippen molar-refractivity contribution >= 4 is 34.1 Å². The molecule has 2 heterocycles. The predicted molar refractivity (Wildman–Crippen MR) is 135 cm³/mol. The molecule has 5 rings (SSSR count). The lowest BCUT2D eigenvalue weighted by Crippen LogP contribution is -2.49. The van der Waals surface area contributed by atoms with Crippen LogP contribution in [0.1, 0.15) is 15.9 Å². The van der Waals surface area contributed by atoms with Gasteiger partial charge in [0.15, 0.2) is 0 Å². The average Bonchev–Trinajstić information content (AvgIpc) is 2.89. The van der Waals surface area contributed by atoms with Gasteiger partial charge in [0.25, 0.3) is 5.91 Å². The third kappa shape index (κ3) is 4.91. The molecule has 2 amide bonds. The Hall–Kier alpha value is -4.19. The van der Waals surface area contributed by atoms with Crippen LogP contribution in [0.25, 0.3) is 10.9 Å². The van der Waals surface area contributed by atoms with Gasteiger partial charge in [0.05, 0.1) is 23.8 Å². The van der Waals surface area contributed by atoms with Crippen LogP contribution < -0.4 is 10.2 Å².